The quantitative estimate of drug-likeness (QED) is 0.564. The number of aryl methyl sites for hydroxylation is 2. The van der Waals surface area contributed by atoms with E-state index in [1.54, 1.807) is 39.3 Å². The number of ether oxygens (including phenoxy) is 2. The average molecular weight is 353 g/mol. The molecule has 0 aliphatic carbocycles. The molecular formula is C20H23N3O3. The summed E-state index contributed by atoms with van der Waals surface area (Å²) in [6, 6.07) is 9.16. The van der Waals surface area contributed by atoms with Crippen LogP contribution in [0.4, 0.5) is 0 Å². The fourth-order valence-electron chi connectivity index (χ4n) is 2.50. The van der Waals surface area contributed by atoms with Crippen LogP contribution in [0.1, 0.15) is 42.1 Å². The van der Waals surface area contributed by atoms with E-state index >= 15 is 0 Å². The monoisotopic (exact) mass is 353 g/mol. The Morgan fingerprint density at radius 3 is 2.69 bits per heavy atom. The van der Waals surface area contributed by atoms with Gasteiger partial charge >= 0.3 is 0 Å². The summed E-state index contributed by atoms with van der Waals surface area (Å²) in [5.41, 5.74) is 1.75. The number of hydrogen-bond donors (Lipinski definition) is 0. The lowest BCUT2D eigenvalue weighted by atomic mass is 10.1. The molecule has 0 saturated carbocycles. The maximum absolute atomic E-state index is 12.4. The summed E-state index contributed by atoms with van der Waals surface area (Å²) in [4.78, 5) is 12.4. The molecule has 136 valence electrons. The smallest absolute Gasteiger partial charge is 0.289 e. The SMILES string of the molecule is CCCCOc1ccc(C=Nn2c(C)cc(C)c(C#N)c2=O)cc1OC. The van der Waals surface area contributed by atoms with E-state index in [1.165, 1.54) is 4.68 Å². The third-order valence-electron chi connectivity index (χ3n) is 3.94. The van der Waals surface area contributed by atoms with Gasteiger partial charge in [-0.2, -0.15) is 10.4 Å². The van der Waals surface area contributed by atoms with Gasteiger partial charge in [-0.3, -0.25) is 4.79 Å². The first-order valence-electron chi connectivity index (χ1n) is 8.50. The van der Waals surface area contributed by atoms with Crippen molar-refractivity contribution in [3.05, 3.63) is 57.0 Å². The number of unbranched alkanes of at least 4 members (excludes halogenated alkanes) is 1. The first kappa shape index (κ1) is 19.3. The van der Waals surface area contributed by atoms with E-state index < -0.39 is 5.56 Å². The molecule has 0 saturated heterocycles. The molecule has 2 aromatic rings. The molecule has 6 heteroatoms. The Morgan fingerprint density at radius 2 is 2.04 bits per heavy atom. The Morgan fingerprint density at radius 1 is 1.27 bits per heavy atom. The van der Waals surface area contributed by atoms with Gasteiger partial charge in [0.2, 0.25) is 0 Å². The van der Waals surface area contributed by atoms with E-state index in [-0.39, 0.29) is 5.56 Å². The number of methoxy groups -OCH3 is 1. The van der Waals surface area contributed by atoms with Crippen LogP contribution in [0.2, 0.25) is 0 Å². The van der Waals surface area contributed by atoms with Crippen molar-refractivity contribution in [1.29, 1.82) is 5.26 Å². The van der Waals surface area contributed by atoms with E-state index in [0.717, 1.165) is 18.4 Å². The third-order valence-corrected chi connectivity index (χ3v) is 3.94. The van der Waals surface area contributed by atoms with Crippen LogP contribution in [-0.2, 0) is 0 Å². The van der Waals surface area contributed by atoms with Gasteiger partial charge in [0.15, 0.2) is 11.5 Å². The van der Waals surface area contributed by atoms with Gasteiger partial charge in [0, 0.05) is 5.69 Å². The molecule has 1 aromatic heterocycles. The molecule has 0 spiro atoms. The first-order chi connectivity index (χ1) is 12.5. The van der Waals surface area contributed by atoms with E-state index in [2.05, 4.69) is 12.0 Å². The topological polar surface area (TPSA) is 76.6 Å². The summed E-state index contributed by atoms with van der Waals surface area (Å²) in [6.45, 7) is 6.25. The molecular weight excluding hydrogens is 330 g/mol. The highest BCUT2D eigenvalue weighted by molar-refractivity contribution is 5.80. The summed E-state index contributed by atoms with van der Waals surface area (Å²) in [7, 11) is 1.58. The summed E-state index contributed by atoms with van der Waals surface area (Å²) >= 11 is 0. The molecule has 0 unspecified atom stereocenters. The second kappa shape index (κ2) is 8.86. The van der Waals surface area contributed by atoms with E-state index in [0.29, 0.717) is 29.4 Å². The summed E-state index contributed by atoms with van der Waals surface area (Å²) in [5.74, 6) is 1.28. The minimum Gasteiger partial charge on any atom is -0.493 e. The molecule has 0 amide bonds. The second-order valence-electron chi connectivity index (χ2n) is 5.93. The maximum atomic E-state index is 12.4. The maximum Gasteiger partial charge on any atom is 0.289 e. The number of rotatable bonds is 7. The second-order valence-corrected chi connectivity index (χ2v) is 5.93. The Hall–Kier alpha value is -3.07. The van der Waals surface area contributed by atoms with Crippen molar-refractivity contribution < 1.29 is 9.47 Å². The van der Waals surface area contributed by atoms with Crippen molar-refractivity contribution in [3.63, 3.8) is 0 Å². The molecule has 0 N–H and O–H groups in total. The van der Waals surface area contributed by atoms with Crippen LogP contribution in [0.5, 0.6) is 11.5 Å². The van der Waals surface area contributed by atoms with Gasteiger partial charge < -0.3 is 9.47 Å². The van der Waals surface area contributed by atoms with Gasteiger partial charge in [-0.05, 0) is 55.7 Å². The van der Waals surface area contributed by atoms with Crippen LogP contribution in [0.3, 0.4) is 0 Å². The zero-order chi connectivity index (χ0) is 19.1. The predicted octanol–water partition coefficient (Wildman–Crippen LogP) is 3.41. The Bertz CT molecular complexity index is 908. The lowest BCUT2D eigenvalue weighted by molar-refractivity contribution is 0.288. The number of benzene rings is 1. The van der Waals surface area contributed by atoms with Crippen LogP contribution in [0.15, 0.2) is 34.2 Å². The number of aromatic nitrogens is 1. The number of nitriles is 1. The largest absolute Gasteiger partial charge is 0.493 e. The fourth-order valence-corrected chi connectivity index (χ4v) is 2.50. The fraction of sp³-hybridized carbons (Fsp3) is 0.350. The van der Waals surface area contributed by atoms with Gasteiger partial charge in [-0.25, -0.2) is 4.68 Å². The Balaban J connectivity index is 2.32. The van der Waals surface area contributed by atoms with Crippen molar-refractivity contribution >= 4 is 6.21 Å². The standard InChI is InChI=1S/C20H23N3O3/c1-5-6-9-26-18-8-7-16(11-19(18)25-4)13-22-23-15(3)10-14(2)17(12-21)20(23)24/h7-8,10-11,13H,5-6,9H2,1-4H3. The Labute approximate surface area is 153 Å². The minimum atomic E-state index is -0.423. The zero-order valence-corrected chi connectivity index (χ0v) is 15.6. The molecule has 0 atom stereocenters. The molecule has 0 fully saturated rings. The molecule has 0 aliphatic heterocycles. The van der Waals surface area contributed by atoms with E-state index in [9.17, 15) is 4.79 Å². The average Bonchev–Trinajstić information content (AvgIpc) is 2.62. The normalized spacial score (nSPS) is 10.7. The third kappa shape index (κ3) is 4.31. The van der Waals surface area contributed by atoms with Crippen molar-refractivity contribution in [2.75, 3.05) is 13.7 Å². The van der Waals surface area contributed by atoms with Crippen molar-refractivity contribution in [1.82, 2.24) is 4.68 Å². The molecule has 0 aliphatic rings. The number of pyridine rings is 1. The van der Waals surface area contributed by atoms with Gasteiger partial charge in [0.1, 0.15) is 11.6 Å². The van der Waals surface area contributed by atoms with Crippen LogP contribution in [0.25, 0.3) is 0 Å². The number of hydrogen-bond acceptors (Lipinski definition) is 5. The minimum absolute atomic E-state index is 0.102. The number of nitrogens with zero attached hydrogens (tertiary/aromatic N) is 3. The van der Waals surface area contributed by atoms with Crippen LogP contribution in [-0.4, -0.2) is 24.6 Å². The van der Waals surface area contributed by atoms with E-state index in [1.807, 2.05) is 18.2 Å². The highest BCUT2D eigenvalue weighted by Gasteiger charge is 2.09. The summed E-state index contributed by atoms with van der Waals surface area (Å²) in [6.07, 6.45) is 3.59. The van der Waals surface area contributed by atoms with Gasteiger partial charge in [-0.15, -0.1) is 0 Å². The summed E-state index contributed by atoms with van der Waals surface area (Å²) < 4.78 is 12.3. The van der Waals surface area contributed by atoms with Crippen molar-refractivity contribution in [2.45, 2.75) is 33.6 Å². The zero-order valence-electron chi connectivity index (χ0n) is 15.6. The Kier molecular flexibility index (Phi) is 6.56. The van der Waals surface area contributed by atoms with Crippen LogP contribution < -0.4 is 15.0 Å². The first-order valence-corrected chi connectivity index (χ1v) is 8.50. The highest BCUT2D eigenvalue weighted by atomic mass is 16.5. The molecule has 1 aromatic carbocycles. The van der Waals surface area contributed by atoms with Crippen molar-refractivity contribution in [2.24, 2.45) is 5.10 Å². The summed E-state index contributed by atoms with van der Waals surface area (Å²) in [5, 5.41) is 13.4. The van der Waals surface area contributed by atoms with Gasteiger partial charge in [0.25, 0.3) is 5.56 Å². The molecule has 6 nitrogen and oxygen atoms in total. The van der Waals surface area contributed by atoms with Crippen molar-refractivity contribution in [3.8, 4) is 17.6 Å². The molecule has 26 heavy (non-hydrogen) atoms. The van der Waals surface area contributed by atoms with Crippen LogP contribution >= 0.6 is 0 Å². The lowest BCUT2D eigenvalue weighted by Crippen LogP contribution is -2.22. The van der Waals surface area contributed by atoms with Gasteiger partial charge in [0.05, 0.1) is 19.9 Å². The molecule has 1 heterocycles. The highest BCUT2D eigenvalue weighted by Crippen LogP contribution is 2.27. The molecule has 0 radical (unpaired) electrons. The van der Waals surface area contributed by atoms with E-state index in [4.69, 9.17) is 14.7 Å². The lowest BCUT2D eigenvalue weighted by Gasteiger charge is -2.11. The van der Waals surface area contributed by atoms with Crippen LogP contribution in [0, 0.1) is 25.2 Å². The molecule has 0 bridgehead atoms. The predicted molar refractivity (Wildman–Crippen MR) is 101 cm³/mol. The van der Waals surface area contributed by atoms with Gasteiger partial charge in [-0.1, -0.05) is 13.3 Å². The molecule has 2 rings (SSSR count).